The maximum Gasteiger partial charge on any atom is 0.355 e. The maximum absolute atomic E-state index is 13.4. The molecule has 3 aromatic rings. The Hall–Kier alpha value is -4.77. The molecule has 2 aliphatic heterocycles. The summed E-state index contributed by atoms with van der Waals surface area (Å²) in [6.07, 6.45) is -1.26. The van der Waals surface area contributed by atoms with Crippen molar-refractivity contribution in [2.24, 2.45) is 7.05 Å². The predicted octanol–water partition coefficient (Wildman–Crippen LogP) is 1.52. The van der Waals surface area contributed by atoms with Gasteiger partial charge in [-0.1, -0.05) is 42.1 Å². The minimum Gasteiger partial charge on any atom is -0.456 e. The Bertz CT molecular complexity index is 1580. The fourth-order valence-corrected chi connectivity index (χ4v) is 6.75. The van der Waals surface area contributed by atoms with Crippen LogP contribution in [0.2, 0.25) is 0 Å². The second-order valence-electron chi connectivity index (χ2n) is 9.24. The smallest absolute Gasteiger partial charge is 0.355 e. The van der Waals surface area contributed by atoms with Crippen LogP contribution < -0.4 is 5.32 Å². The number of amides is 2. The summed E-state index contributed by atoms with van der Waals surface area (Å²) >= 11 is 2.63. The van der Waals surface area contributed by atoms with Crippen LogP contribution in [0.15, 0.2) is 71.0 Å². The van der Waals surface area contributed by atoms with Crippen LogP contribution >= 0.6 is 23.5 Å². The molecule has 1 fully saturated rings. The van der Waals surface area contributed by atoms with Crippen LogP contribution in [0, 0.1) is 10.1 Å². The summed E-state index contributed by atoms with van der Waals surface area (Å²) in [6, 6.07) is 12.9. The van der Waals surface area contributed by atoms with Crippen molar-refractivity contribution < 1.29 is 33.6 Å². The van der Waals surface area contributed by atoms with Crippen LogP contribution in [0.5, 0.6) is 0 Å². The number of non-ortho nitro benzene ring substituents is 1. The molecule has 15 nitrogen and oxygen atoms in total. The number of aromatic nitrogens is 4. The lowest BCUT2D eigenvalue weighted by Crippen LogP contribution is -2.71. The number of nitrogens with zero attached hydrogens (tertiary/aromatic N) is 6. The fraction of sp³-hybridized carbons (Fsp3) is 0.269. The van der Waals surface area contributed by atoms with Crippen LogP contribution in [-0.4, -0.2) is 77.2 Å². The summed E-state index contributed by atoms with van der Waals surface area (Å²) in [5, 5.41) is 24.8. The van der Waals surface area contributed by atoms with Crippen molar-refractivity contribution in [3.63, 3.8) is 0 Å². The number of carbonyl (C=O) groups is 4. The number of carbonyl (C=O) groups excluding carboxylic acids is 4. The fourth-order valence-electron chi connectivity index (χ4n) is 4.41. The van der Waals surface area contributed by atoms with E-state index in [1.165, 1.54) is 57.4 Å². The first-order chi connectivity index (χ1) is 20.8. The van der Waals surface area contributed by atoms with Gasteiger partial charge >= 0.3 is 5.97 Å². The minimum atomic E-state index is -1.26. The number of hydrogen-bond donors (Lipinski definition) is 1. The molecule has 222 valence electrons. The van der Waals surface area contributed by atoms with Gasteiger partial charge in [-0.05, 0) is 33.7 Å². The molecule has 5 rings (SSSR count). The molecular formula is C26H23N7O8S2. The van der Waals surface area contributed by atoms with Crippen LogP contribution in [0.1, 0.15) is 17.2 Å². The van der Waals surface area contributed by atoms with Gasteiger partial charge in [0, 0.05) is 36.2 Å². The molecule has 1 saturated heterocycles. The zero-order valence-electron chi connectivity index (χ0n) is 22.4. The van der Waals surface area contributed by atoms with E-state index in [2.05, 4.69) is 20.8 Å². The molecule has 3 heterocycles. The lowest BCUT2D eigenvalue weighted by molar-refractivity contribution is -0.384. The summed E-state index contributed by atoms with van der Waals surface area (Å²) in [6.45, 7) is -0.0182. The van der Waals surface area contributed by atoms with E-state index in [-0.39, 0.29) is 30.2 Å². The number of fused-ring (bicyclic) bond motifs is 1. The van der Waals surface area contributed by atoms with E-state index in [9.17, 15) is 29.3 Å². The Kier molecular flexibility index (Phi) is 9.01. The molecule has 1 aromatic heterocycles. The van der Waals surface area contributed by atoms with Gasteiger partial charge in [0.1, 0.15) is 23.7 Å². The monoisotopic (exact) mass is 625 g/mol. The lowest BCUT2D eigenvalue weighted by atomic mass is 10.0. The first-order valence-corrected chi connectivity index (χ1v) is 14.7. The summed E-state index contributed by atoms with van der Waals surface area (Å²) in [4.78, 5) is 62.7. The SMILES string of the molecule is Cn1nnnc1SCC1=C(C(=O)OCc2ccc([N+](=O)[O-])cc2)N2C(=O)C(NC(=O)C(OC=O)c3ccccc3)[C@H]2SC1. The number of ether oxygens (including phenoxy) is 2. The van der Waals surface area contributed by atoms with Crippen LogP contribution in [0.4, 0.5) is 5.69 Å². The highest BCUT2D eigenvalue weighted by Crippen LogP contribution is 2.42. The first kappa shape index (κ1) is 29.7. The molecule has 17 heteroatoms. The van der Waals surface area contributed by atoms with Gasteiger partial charge in [-0.15, -0.1) is 16.9 Å². The normalized spacial score (nSPS) is 18.3. The highest BCUT2D eigenvalue weighted by atomic mass is 32.2. The van der Waals surface area contributed by atoms with E-state index in [0.29, 0.717) is 27.6 Å². The third-order valence-electron chi connectivity index (χ3n) is 6.54. The number of esters is 1. The van der Waals surface area contributed by atoms with Crippen molar-refractivity contribution >= 4 is 53.5 Å². The van der Waals surface area contributed by atoms with Crippen molar-refractivity contribution in [3.05, 3.63) is 87.1 Å². The molecule has 2 aromatic carbocycles. The number of nitrogens with one attached hydrogen (secondary N) is 1. The van der Waals surface area contributed by atoms with E-state index in [4.69, 9.17) is 9.47 Å². The Balaban J connectivity index is 1.34. The zero-order chi connectivity index (χ0) is 30.5. The molecule has 0 spiro atoms. The molecule has 0 aliphatic carbocycles. The molecule has 3 atom stereocenters. The quantitative estimate of drug-likeness (QED) is 0.0762. The Morgan fingerprint density at radius 1 is 1.23 bits per heavy atom. The zero-order valence-corrected chi connectivity index (χ0v) is 24.0. The van der Waals surface area contributed by atoms with E-state index < -0.39 is 40.2 Å². The number of β-lactam (4-membered cyclic amide) rings is 1. The van der Waals surface area contributed by atoms with Gasteiger partial charge in [-0.25, -0.2) is 9.48 Å². The van der Waals surface area contributed by atoms with Crippen LogP contribution in [-0.2, 0) is 42.3 Å². The van der Waals surface area contributed by atoms with E-state index in [1.54, 1.807) is 37.4 Å². The Morgan fingerprint density at radius 3 is 2.63 bits per heavy atom. The van der Waals surface area contributed by atoms with Gasteiger partial charge < -0.3 is 14.8 Å². The molecule has 0 radical (unpaired) electrons. The number of aryl methyl sites for hydroxylation is 1. The first-order valence-electron chi connectivity index (χ1n) is 12.6. The topological polar surface area (TPSA) is 189 Å². The van der Waals surface area contributed by atoms with Crippen molar-refractivity contribution in [2.75, 3.05) is 11.5 Å². The standard InChI is InChI=1S/C26H23N7O8S2/c1-31-26(28-29-30-31)43-13-17-12-42-24-19(27-22(35)21(41-14-34)16-5-3-2-4-6-16)23(36)32(24)20(17)25(37)40-11-15-7-9-18(10-8-15)33(38)39/h2-10,14,19,21,24H,11-13H2,1H3,(H,27,35)/t19?,21?,24-/m1/s1. The molecule has 0 bridgehead atoms. The van der Waals surface area contributed by atoms with Gasteiger partial charge in [0.05, 0.1) is 4.92 Å². The Labute approximate surface area is 252 Å². The van der Waals surface area contributed by atoms with Crippen molar-refractivity contribution in [3.8, 4) is 0 Å². The molecule has 0 saturated carbocycles. The average molecular weight is 626 g/mol. The second-order valence-corrected chi connectivity index (χ2v) is 11.3. The van der Waals surface area contributed by atoms with Gasteiger partial charge in [-0.3, -0.25) is 29.4 Å². The van der Waals surface area contributed by atoms with Crippen molar-refractivity contribution in [2.45, 2.75) is 29.3 Å². The maximum atomic E-state index is 13.4. The summed E-state index contributed by atoms with van der Waals surface area (Å²) in [5.74, 6) is -1.36. The highest BCUT2D eigenvalue weighted by molar-refractivity contribution is 8.01. The molecular weight excluding hydrogens is 602 g/mol. The number of benzene rings is 2. The van der Waals surface area contributed by atoms with Gasteiger partial charge in [-0.2, -0.15) is 0 Å². The number of rotatable bonds is 12. The van der Waals surface area contributed by atoms with Crippen molar-refractivity contribution in [1.29, 1.82) is 0 Å². The summed E-state index contributed by atoms with van der Waals surface area (Å²) in [7, 11) is 1.67. The molecule has 2 unspecified atom stereocenters. The third kappa shape index (κ3) is 6.36. The Morgan fingerprint density at radius 2 is 1.98 bits per heavy atom. The molecule has 2 aliphatic rings. The van der Waals surface area contributed by atoms with E-state index >= 15 is 0 Å². The lowest BCUT2D eigenvalue weighted by Gasteiger charge is -2.49. The van der Waals surface area contributed by atoms with Gasteiger partial charge in [0.25, 0.3) is 24.0 Å². The second kappa shape index (κ2) is 13.0. The molecule has 2 amide bonds. The average Bonchev–Trinajstić information content (AvgIpc) is 3.44. The highest BCUT2D eigenvalue weighted by Gasteiger charge is 2.55. The molecule has 1 N–H and O–H groups in total. The number of thioether (sulfide) groups is 2. The minimum absolute atomic E-state index is 0.0486. The van der Waals surface area contributed by atoms with Crippen LogP contribution in [0.3, 0.4) is 0 Å². The number of tetrazole rings is 1. The van der Waals surface area contributed by atoms with Gasteiger partial charge in [0.2, 0.25) is 11.3 Å². The van der Waals surface area contributed by atoms with E-state index in [1.807, 2.05) is 0 Å². The van der Waals surface area contributed by atoms with Crippen molar-refractivity contribution in [1.82, 2.24) is 30.4 Å². The van der Waals surface area contributed by atoms with Gasteiger partial charge in [0.15, 0.2) is 0 Å². The van der Waals surface area contributed by atoms with E-state index in [0.717, 1.165) is 0 Å². The summed E-state index contributed by atoms with van der Waals surface area (Å²) < 4.78 is 12.0. The summed E-state index contributed by atoms with van der Waals surface area (Å²) in [5.41, 5.74) is 1.50. The number of nitro groups is 1. The third-order valence-corrected chi connectivity index (χ3v) is 8.98. The van der Waals surface area contributed by atoms with Crippen LogP contribution in [0.25, 0.3) is 0 Å². The largest absolute Gasteiger partial charge is 0.456 e. The number of nitro benzene ring substituents is 1. The number of hydrogen-bond acceptors (Lipinski definition) is 13. The molecule has 43 heavy (non-hydrogen) atoms. The predicted molar refractivity (Wildman–Crippen MR) is 151 cm³/mol.